The number of aliphatic hydroxyl groups is 1. The van der Waals surface area contributed by atoms with Gasteiger partial charge in [-0.15, -0.1) is 0 Å². The summed E-state index contributed by atoms with van der Waals surface area (Å²) in [6, 6.07) is 0. The predicted molar refractivity (Wildman–Crippen MR) is 51.6 cm³/mol. The normalized spacial score (nSPS) is 9.93. The van der Waals surface area contributed by atoms with Gasteiger partial charge in [0, 0.05) is 6.20 Å². The third-order valence-electron chi connectivity index (χ3n) is 1.40. The maximum Gasteiger partial charge on any atom is 0.358 e. The second-order valence-electron chi connectivity index (χ2n) is 2.36. The van der Waals surface area contributed by atoms with E-state index in [0.29, 0.717) is 4.47 Å². The molecule has 0 unspecified atom stereocenters. The highest BCUT2D eigenvalue weighted by Gasteiger charge is 2.14. The number of hydrogen-bond donors (Lipinski definition) is 1. The minimum Gasteiger partial charge on any atom is -0.461 e. The van der Waals surface area contributed by atoms with E-state index in [-0.39, 0.29) is 24.7 Å². The van der Waals surface area contributed by atoms with Crippen LogP contribution in [-0.2, 0) is 11.3 Å². The zero-order valence-electron chi connectivity index (χ0n) is 7.53. The molecule has 14 heavy (non-hydrogen) atoms. The molecule has 0 amide bonds. The molecule has 0 fully saturated rings. The number of carbonyl (C=O) groups excluding carboxylic acids is 1. The van der Waals surface area contributed by atoms with Crippen molar-refractivity contribution in [2.24, 2.45) is 0 Å². The average Bonchev–Trinajstić information content (AvgIpc) is 2.19. The fraction of sp³-hybridized carbons (Fsp3) is 0.375. The van der Waals surface area contributed by atoms with Gasteiger partial charge in [-0.3, -0.25) is 0 Å². The second kappa shape index (κ2) is 5.02. The predicted octanol–water partition coefficient (Wildman–Crippen LogP) is 0.908. The van der Waals surface area contributed by atoms with E-state index in [1.54, 1.807) is 6.92 Å². The Morgan fingerprint density at radius 1 is 1.71 bits per heavy atom. The topological polar surface area (TPSA) is 72.3 Å². The summed E-state index contributed by atoms with van der Waals surface area (Å²) in [6.45, 7) is 1.68. The molecule has 0 aromatic carbocycles. The van der Waals surface area contributed by atoms with Crippen LogP contribution in [-0.4, -0.2) is 27.7 Å². The largest absolute Gasteiger partial charge is 0.461 e. The lowest BCUT2D eigenvalue weighted by molar-refractivity contribution is 0.0517. The van der Waals surface area contributed by atoms with Crippen molar-refractivity contribution in [1.82, 2.24) is 9.97 Å². The van der Waals surface area contributed by atoms with Gasteiger partial charge in [-0.2, -0.15) is 0 Å². The van der Waals surface area contributed by atoms with Crippen molar-refractivity contribution in [3.63, 3.8) is 0 Å². The monoisotopic (exact) mass is 260 g/mol. The third kappa shape index (κ3) is 2.49. The molecule has 0 spiro atoms. The van der Waals surface area contributed by atoms with Crippen LogP contribution in [0.4, 0.5) is 0 Å². The van der Waals surface area contributed by atoms with E-state index >= 15 is 0 Å². The molecular formula is C8H9BrN2O3. The van der Waals surface area contributed by atoms with Gasteiger partial charge in [-0.25, -0.2) is 14.8 Å². The summed E-state index contributed by atoms with van der Waals surface area (Å²) in [5.74, 6) is -0.340. The van der Waals surface area contributed by atoms with Crippen LogP contribution >= 0.6 is 15.9 Å². The van der Waals surface area contributed by atoms with E-state index in [4.69, 9.17) is 9.84 Å². The summed E-state index contributed by atoms with van der Waals surface area (Å²) in [5, 5.41) is 8.77. The van der Waals surface area contributed by atoms with Crippen molar-refractivity contribution in [3.8, 4) is 0 Å². The van der Waals surface area contributed by atoms with Crippen molar-refractivity contribution >= 4 is 21.9 Å². The number of hydrogen-bond acceptors (Lipinski definition) is 5. The van der Waals surface area contributed by atoms with Gasteiger partial charge >= 0.3 is 5.97 Å². The second-order valence-corrected chi connectivity index (χ2v) is 3.22. The lowest BCUT2D eigenvalue weighted by Crippen LogP contribution is -2.10. The molecule has 1 aromatic heterocycles. The molecule has 0 aliphatic rings. The highest BCUT2D eigenvalue weighted by molar-refractivity contribution is 9.10. The molecule has 0 saturated carbocycles. The van der Waals surface area contributed by atoms with Gasteiger partial charge in [-0.1, -0.05) is 0 Å². The maximum absolute atomic E-state index is 11.3. The van der Waals surface area contributed by atoms with Gasteiger partial charge in [0.25, 0.3) is 0 Å². The first-order valence-electron chi connectivity index (χ1n) is 3.98. The lowest BCUT2D eigenvalue weighted by Gasteiger charge is -2.03. The molecule has 1 rings (SSSR count). The summed E-state index contributed by atoms with van der Waals surface area (Å²) < 4.78 is 5.22. The zero-order chi connectivity index (χ0) is 10.6. The number of rotatable bonds is 3. The fourth-order valence-corrected chi connectivity index (χ4v) is 1.18. The van der Waals surface area contributed by atoms with Gasteiger partial charge in [-0.05, 0) is 22.9 Å². The van der Waals surface area contributed by atoms with Crippen LogP contribution in [0.2, 0.25) is 0 Å². The SMILES string of the molecule is CCOC(=O)c1nc(CO)ncc1Br. The molecule has 0 aliphatic carbocycles. The number of aromatic nitrogens is 2. The minimum atomic E-state index is -0.531. The Hall–Kier alpha value is -1.01. The molecule has 0 aliphatic heterocycles. The molecular weight excluding hydrogens is 252 g/mol. The Morgan fingerprint density at radius 2 is 2.43 bits per heavy atom. The van der Waals surface area contributed by atoms with Crippen LogP contribution in [0.1, 0.15) is 23.2 Å². The molecule has 76 valence electrons. The van der Waals surface area contributed by atoms with Crippen molar-refractivity contribution < 1.29 is 14.6 Å². The van der Waals surface area contributed by atoms with Crippen LogP contribution < -0.4 is 0 Å². The molecule has 5 nitrogen and oxygen atoms in total. The molecule has 0 atom stereocenters. The Bertz CT molecular complexity index is 343. The first-order chi connectivity index (χ1) is 6.69. The molecule has 1 aromatic rings. The average molecular weight is 261 g/mol. The van der Waals surface area contributed by atoms with E-state index < -0.39 is 5.97 Å². The zero-order valence-corrected chi connectivity index (χ0v) is 9.11. The highest BCUT2D eigenvalue weighted by Crippen LogP contribution is 2.14. The Labute approximate surface area is 89.3 Å². The third-order valence-corrected chi connectivity index (χ3v) is 1.98. The smallest absolute Gasteiger partial charge is 0.358 e. The molecule has 0 saturated heterocycles. The van der Waals surface area contributed by atoms with Gasteiger partial charge in [0.1, 0.15) is 6.61 Å². The Kier molecular flexibility index (Phi) is 3.97. The Balaban J connectivity index is 2.99. The maximum atomic E-state index is 11.3. The highest BCUT2D eigenvalue weighted by atomic mass is 79.9. The quantitative estimate of drug-likeness (QED) is 0.818. The van der Waals surface area contributed by atoms with Gasteiger partial charge in [0.15, 0.2) is 11.5 Å². The van der Waals surface area contributed by atoms with E-state index in [0.717, 1.165) is 0 Å². The number of esters is 1. The van der Waals surface area contributed by atoms with Crippen molar-refractivity contribution in [2.75, 3.05) is 6.61 Å². The first-order valence-corrected chi connectivity index (χ1v) is 4.77. The lowest BCUT2D eigenvalue weighted by atomic mass is 10.4. The number of nitrogens with zero attached hydrogens (tertiary/aromatic N) is 2. The Morgan fingerprint density at radius 3 is 3.00 bits per heavy atom. The molecule has 1 heterocycles. The summed E-state index contributed by atoms with van der Waals surface area (Å²) in [5.41, 5.74) is 0.130. The van der Waals surface area contributed by atoms with Crippen molar-refractivity contribution in [1.29, 1.82) is 0 Å². The molecule has 0 bridgehead atoms. The molecule has 1 N–H and O–H groups in total. The molecule has 6 heteroatoms. The van der Waals surface area contributed by atoms with Crippen LogP contribution in [0, 0.1) is 0 Å². The fourth-order valence-electron chi connectivity index (χ4n) is 0.822. The summed E-state index contributed by atoms with van der Waals surface area (Å²) in [7, 11) is 0. The summed E-state index contributed by atoms with van der Waals surface area (Å²) in [4.78, 5) is 18.9. The number of ether oxygens (including phenoxy) is 1. The standard InChI is InChI=1S/C8H9BrN2O3/c1-2-14-8(13)7-5(9)3-10-6(4-12)11-7/h3,12H,2,4H2,1H3. The van der Waals surface area contributed by atoms with E-state index in [9.17, 15) is 4.79 Å². The van der Waals surface area contributed by atoms with Gasteiger partial charge in [0.2, 0.25) is 0 Å². The molecule has 0 radical (unpaired) electrons. The van der Waals surface area contributed by atoms with E-state index in [1.807, 2.05) is 0 Å². The first kappa shape index (κ1) is 11.1. The summed E-state index contributed by atoms with van der Waals surface area (Å²) >= 11 is 3.12. The van der Waals surface area contributed by atoms with E-state index in [2.05, 4.69) is 25.9 Å². The van der Waals surface area contributed by atoms with Gasteiger partial charge < -0.3 is 9.84 Å². The minimum absolute atomic E-state index is 0.130. The number of aliphatic hydroxyl groups excluding tert-OH is 1. The summed E-state index contributed by atoms with van der Waals surface area (Å²) in [6.07, 6.45) is 1.41. The van der Waals surface area contributed by atoms with Crippen LogP contribution in [0.3, 0.4) is 0 Å². The van der Waals surface area contributed by atoms with Crippen molar-refractivity contribution in [2.45, 2.75) is 13.5 Å². The number of carbonyl (C=O) groups is 1. The van der Waals surface area contributed by atoms with Crippen LogP contribution in [0.25, 0.3) is 0 Å². The van der Waals surface area contributed by atoms with Gasteiger partial charge in [0.05, 0.1) is 11.1 Å². The van der Waals surface area contributed by atoms with E-state index in [1.165, 1.54) is 6.20 Å². The van der Waals surface area contributed by atoms with Crippen LogP contribution in [0.15, 0.2) is 10.7 Å². The number of halogens is 1. The van der Waals surface area contributed by atoms with Crippen molar-refractivity contribution in [3.05, 3.63) is 22.2 Å². The van der Waals surface area contributed by atoms with Crippen LogP contribution in [0.5, 0.6) is 0 Å².